The van der Waals surface area contributed by atoms with Crippen molar-refractivity contribution >= 4 is 16.7 Å². The molecule has 2 aromatic rings. The first kappa shape index (κ1) is 9.46. The predicted molar refractivity (Wildman–Crippen MR) is 67.0 cm³/mol. The summed E-state index contributed by atoms with van der Waals surface area (Å²) in [5, 5.41) is 4.59. The SMILES string of the molecule is Cc1c(CC2=NCCN2)ccc2cc[nH]c12. The maximum atomic E-state index is 4.44. The van der Waals surface area contributed by atoms with Crippen molar-refractivity contribution in [1.29, 1.82) is 0 Å². The second-order valence-corrected chi connectivity index (χ2v) is 4.22. The molecular weight excluding hydrogens is 198 g/mol. The van der Waals surface area contributed by atoms with Gasteiger partial charge in [-0.2, -0.15) is 0 Å². The number of aromatic nitrogens is 1. The van der Waals surface area contributed by atoms with E-state index >= 15 is 0 Å². The normalized spacial score (nSPS) is 15.2. The lowest BCUT2D eigenvalue weighted by atomic mass is 10.0. The Bertz CT molecular complexity index is 551. The lowest BCUT2D eigenvalue weighted by molar-refractivity contribution is 0.953. The summed E-state index contributed by atoms with van der Waals surface area (Å²) in [6, 6.07) is 6.48. The Kier molecular flexibility index (Phi) is 2.17. The molecule has 82 valence electrons. The second kappa shape index (κ2) is 3.67. The summed E-state index contributed by atoms with van der Waals surface area (Å²) in [6.07, 6.45) is 2.91. The van der Waals surface area contributed by atoms with Gasteiger partial charge in [0.25, 0.3) is 0 Å². The topological polar surface area (TPSA) is 40.2 Å². The van der Waals surface area contributed by atoms with Crippen LogP contribution in [0.25, 0.3) is 10.9 Å². The van der Waals surface area contributed by atoms with Crippen LogP contribution in [0.5, 0.6) is 0 Å². The van der Waals surface area contributed by atoms with E-state index in [0.29, 0.717) is 0 Å². The average Bonchev–Trinajstić information content (AvgIpc) is 2.93. The third kappa shape index (κ3) is 1.48. The van der Waals surface area contributed by atoms with Crippen LogP contribution in [-0.2, 0) is 6.42 Å². The molecule has 0 aliphatic carbocycles. The molecule has 0 fully saturated rings. The first-order valence-corrected chi connectivity index (χ1v) is 5.67. The van der Waals surface area contributed by atoms with Gasteiger partial charge in [0.15, 0.2) is 0 Å². The maximum Gasteiger partial charge on any atom is 0.101 e. The number of nitrogens with zero attached hydrogens (tertiary/aromatic N) is 1. The molecule has 3 heteroatoms. The number of aromatic amines is 1. The van der Waals surface area contributed by atoms with Crippen LogP contribution < -0.4 is 5.32 Å². The molecule has 0 unspecified atom stereocenters. The van der Waals surface area contributed by atoms with Crippen LogP contribution in [-0.4, -0.2) is 23.9 Å². The second-order valence-electron chi connectivity index (χ2n) is 4.22. The molecule has 0 atom stereocenters. The number of fused-ring (bicyclic) bond motifs is 1. The van der Waals surface area contributed by atoms with Gasteiger partial charge in [-0.15, -0.1) is 0 Å². The minimum absolute atomic E-state index is 0.916. The van der Waals surface area contributed by atoms with Crippen LogP contribution in [0, 0.1) is 6.92 Å². The number of hydrogen-bond donors (Lipinski definition) is 2. The fourth-order valence-electron chi connectivity index (χ4n) is 2.26. The molecule has 0 radical (unpaired) electrons. The lowest BCUT2D eigenvalue weighted by Crippen LogP contribution is -2.20. The van der Waals surface area contributed by atoms with Crippen molar-refractivity contribution < 1.29 is 0 Å². The van der Waals surface area contributed by atoms with Gasteiger partial charge in [0, 0.05) is 24.7 Å². The Morgan fingerprint density at radius 3 is 3.06 bits per heavy atom. The standard InChI is InChI=1S/C13H15N3/c1-9-11(8-12-14-6-7-15-12)3-2-10-4-5-16-13(9)10/h2-5,16H,6-8H2,1H3,(H,14,15). The fourth-order valence-corrected chi connectivity index (χ4v) is 2.26. The summed E-state index contributed by atoms with van der Waals surface area (Å²) in [4.78, 5) is 7.73. The van der Waals surface area contributed by atoms with Crippen molar-refractivity contribution in [3.8, 4) is 0 Å². The fraction of sp³-hybridized carbons (Fsp3) is 0.308. The van der Waals surface area contributed by atoms with Crippen molar-refractivity contribution in [3.05, 3.63) is 35.5 Å². The van der Waals surface area contributed by atoms with Crippen molar-refractivity contribution in [2.45, 2.75) is 13.3 Å². The highest BCUT2D eigenvalue weighted by molar-refractivity contribution is 5.89. The molecule has 0 bridgehead atoms. The van der Waals surface area contributed by atoms with E-state index in [4.69, 9.17) is 0 Å². The zero-order valence-electron chi connectivity index (χ0n) is 9.38. The monoisotopic (exact) mass is 213 g/mol. The zero-order valence-corrected chi connectivity index (χ0v) is 9.38. The van der Waals surface area contributed by atoms with Gasteiger partial charge in [-0.3, -0.25) is 4.99 Å². The van der Waals surface area contributed by atoms with E-state index < -0.39 is 0 Å². The van der Waals surface area contributed by atoms with Crippen molar-refractivity contribution in [3.63, 3.8) is 0 Å². The molecule has 0 saturated heterocycles. The molecule has 1 aliphatic heterocycles. The van der Waals surface area contributed by atoms with Gasteiger partial charge in [0.05, 0.1) is 6.54 Å². The van der Waals surface area contributed by atoms with Gasteiger partial charge in [-0.25, -0.2) is 0 Å². The third-order valence-electron chi connectivity index (χ3n) is 3.20. The van der Waals surface area contributed by atoms with Gasteiger partial charge in [0.1, 0.15) is 5.84 Å². The van der Waals surface area contributed by atoms with Crippen LogP contribution >= 0.6 is 0 Å². The minimum Gasteiger partial charge on any atom is -0.372 e. The molecule has 3 rings (SSSR count). The van der Waals surface area contributed by atoms with Gasteiger partial charge in [-0.05, 0) is 29.5 Å². The van der Waals surface area contributed by atoms with E-state index in [1.54, 1.807) is 0 Å². The van der Waals surface area contributed by atoms with Crippen molar-refractivity contribution in [2.75, 3.05) is 13.1 Å². The molecule has 1 aromatic carbocycles. The number of amidine groups is 1. The Balaban J connectivity index is 1.99. The molecule has 2 N–H and O–H groups in total. The van der Waals surface area contributed by atoms with Crippen molar-refractivity contribution in [2.24, 2.45) is 4.99 Å². The Morgan fingerprint density at radius 2 is 2.25 bits per heavy atom. The molecule has 3 nitrogen and oxygen atoms in total. The molecule has 0 saturated carbocycles. The summed E-state index contributed by atoms with van der Waals surface area (Å²) in [5.41, 5.74) is 3.93. The Hall–Kier alpha value is -1.77. The van der Waals surface area contributed by atoms with E-state index in [-0.39, 0.29) is 0 Å². The smallest absolute Gasteiger partial charge is 0.101 e. The minimum atomic E-state index is 0.916. The first-order chi connectivity index (χ1) is 7.84. The van der Waals surface area contributed by atoms with Gasteiger partial charge in [-0.1, -0.05) is 12.1 Å². The lowest BCUT2D eigenvalue weighted by Gasteiger charge is -2.07. The Labute approximate surface area is 94.6 Å². The zero-order chi connectivity index (χ0) is 11.0. The summed E-state index contributed by atoms with van der Waals surface area (Å²) in [5.74, 6) is 1.12. The van der Waals surface area contributed by atoms with E-state index in [1.807, 2.05) is 6.20 Å². The summed E-state index contributed by atoms with van der Waals surface area (Å²) in [7, 11) is 0. The van der Waals surface area contributed by atoms with Crippen LogP contribution in [0.1, 0.15) is 11.1 Å². The maximum absolute atomic E-state index is 4.44. The Morgan fingerprint density at radius 1 is 1.31 bits per heavy atom. The summed E-state index contributed by atoms with van der Waals surface area (Å²) in [6.45, 7) is 4.07. The molecular formula is C13H15N3. The summed E-state index contributed by atoms with van der Waals surface area (Å²) >= 11 is 0. The molecule has 0 amide bonds. The van der Waals surface area contributed by atoms with Gasteiger partial charge in [0.2, 0.25) is 0 Å². The molecule has 0 spiro atoms. The molecule has 2 heterocycles. The number of H-pyrrole nitrogens is 1. The highest BCUT2D eigenvalue weighted by Gasteiger charge is 2.09. The quantitative estimate of drug-likeness (QED) is 0.787. The predicted octanol–water partition coefficient (Wildman–Crippen LogP) is 2.02. The first-order valence-electron chi connectivity index (χ1n) is 5.67. The highest BCUT2D eigenvalue weighted by atomic mass is 15.1. The van der Waals surface area contributed by atoms with E-state index in [0.717, 1.165) is 25.3 Å². The molecule has 1 aromatic heterocycles. The van der Waals surface area contributed by atoms with E-state index in [9.17, 15) is 0 Å². The van der Waals surface area contributed by atoms with Crippen LogP contribution in [0.2, 0.25) is 0 Å². The molecule has 1 aliphatic rings. The summed E-state index contributed by atoms with van der Waals surface area (Å²) < 4.78 is 0. The van der Waals surface area contributed by atoms with Crippen LogP contribution in [0.3, 0.4) is 0 Å². The number of rotatable bonds is 2. The number of aryl methyl sites for hydroxylation is 1. The van der Waals surface area contributed by atoms with Crippen molar-refractivity contribution in [1.82, 2.24) is 10.3 Å². The number of benzene rings is 1. The number of aliphatic imine (C=N–C) groups is 1. The van der Waals surface area contributed by atoms with Gasteiger partial charge >= 0.3 is 0 Å². The average molecular weight is 213 g/mol. The highest BCUT2D eigenvalue weighted by Crippen LogP contribution is 2.21. The van der Waals surface area contributed by atoms with Crippen LogP contribution in [0.15, 0.2) is 29.4 Å². The molecule has 16 heavy (non-hydrogen) atoms. The largest absolute Gasteiger partial charge is 0.372 e. The third-order valence-corrected chi connectivity index (χ3v) is 3.20. The number of nitrogens with one attached hydrogen (secondary N) is 2. The van der Waals surface area contributed by atoms with E-state index in [1.165, 1.54) is 22.0 Å². The van der Waals surface area contributed by atoms with Gasteiger partial charge < -0.3 is 10.3 Å². The van der Waals surface area contributed by atoms with Crippen LogP contribution in [0.4, 0.5) is 0 Å². The number of hydrogen-bond acceptors (Lipinski definition) is 2. The van der Waals surface area contributed by atoms with E-state index in [2.05, 4.69) is 40.4 Å².